The van der Waals surface area contributed by atoms with Crippen LogP contribution in [-0.4, -0.2) is 49.3 Å². The number of aromatic nitrogens is 4. The molecule has 0 aliphatic carbocycles. The molecule has 1 aliphatic heterocycles. The number of likely N-dealkylation sites (tertiary alicyclic amines) is 1. The zero-order valence-electron chi connectivity index (χ0n) is 17.3. The highest BCUT2D eigenvalue weighted by molar-refractivity contribution is 9.10. The highest BCUT2D eigenvalue weighted by Crippen LogP contribution is 2.36. The topological polar surface area (TPSA) is 98.6 Å². The number of carbonyl (C=O) groups is 1. The molecule has 1 fully saturated rings. The van der Waals surface area contributed by atoms with Crippen molar-refractivity contribution in [3.05, 3.63) is 40.9 Å². The number of ether oxygens (including phenoxy) is 1. The van der Waals surface area contributed by atoms with Crippen LogP contribution in [0.1, 0.15) is 45.2 Å². The third-order valence-corrected chi connectivity index (χ3v) is 5.89. The van der Waals surface area contributed by atoms with Gasteiger partial charge in [-0.05, 0) is 55.6 Å². The number of amides is 1. The lowest BCUT2D eigenvalue weighted by atomic mass is 9.94. The molecule has 0 aromatic carbocycles. The Balaban J connectivity index is 1.70. The fourth-order valence-electron chi connectivity index (χ4n) is 3.70. The van der Waals surface area contributed by atoms with Crippen LogP contribution in [0.15, 0.2) is 35.2 Å². The van der Waals surface area contributed by atoms with Crippen molar-refractivity contribution in [2.24, 2.45) is 0 Å². The molecule has 3 aromatic rings. The van der Waals surface area contributed by atoms with Crippen LogP contribution in [0.25, 0.3) is 16.8 Å². The van der Waals surface area contributed by atoms with E-state index in [9.17, 15) is 4.79 Å². The number of rotatable bonds is 2. The molecule has 0 bridgehead atoms. The number of pyridine rings is 1. The van der Waals surface area contributed by atoms with E-state index in [1.807, 2.05) is 32.9 Å². The lowest BCUT2D eigenvalue weighted by Gasteiger charge is -2.34. The van der Waals surface area contributed by atoms with Gasteiger partial charge in [0, 0.05) is 42.5 Å². The first kappa shape index (κ1) is 20.6. The minimum atomic E-state index is -0.525. The van der Waals surface area contributed by atoms with Crippen molar-refractivity contribution in [1.29, 1.82) is 0 Å². The number of anilines is 1. The number of halogens is 1. The Morgan fingerprint density at radius 3 is 2.83 bits per heavy atom. The summed E-state index contributed by atoms with van der Waals surface area (Å²) in [7, 11) is 0. The number of nitrogens with zero attached hydrogens (tertiary/aromatic N) is 5. The van der Waals surface area contributed by atoms with E-state index in [0.717, 1.165) is 29.7 Å². The average molecular weight is 473 g/mol. The van der Waals surface area contributed by atoms with Gasteiger partial charge in [0.15, 0.2) is 5.65 Å². The average Bonchev–Trinajstić information content (AvgIpc) is 3.14. The maximum atomic E-state index is 12.6. The third-order valence-electron chi connectivity index (χ3n) is 5.08. The minimum Gasteiger partial charge on any atom is -0.444 e. The summed E-state index contributed by atoms with van der Waals surface area (Å²) in [5.74, 6) is 0.532. The van der Waals surface area contributed by atoms with Gasteiger partial charge in [0.1, 0.15) is 11.4 Å². The zero-order chi connectivity index (χ0) is 21.5. The molecule has 3 aromatic heterocycles. The van der Waals surface area contributed by atoms with Crippen LogP contribution >= 0.6 is 15.9 Å². The first-order valence-corrected chi connectivity index (χ1v) is 10.7. The molecule has 1 atom stereocenters. The molecule has 30 heavy (non-hydrogen) atoms. The van der Waals surface area contributed by atoms with Crippen molar-refractivity contribution in [3.63, 3.8) is 0 Å². The van der Waals surface area contributed by atoms with E-state index in [-0.39, 0.29) is 12.0 Å². The number of hydrogen-bond acceptors (Lipinski definition) is 6. The van der Waals surface area contributed by atoms with E-state index >= 15 is 0 Å². The van der Waals surface area contributed by atoms with E-state index < -0.39 is 5.60 Å². The Bertz CT molecular complexity index is 1080. The van der Waals surface area contributed by atoms with Gasteiger partial charge in [-0.25, -0.2) is 9.78 Å². The number of nitrogens with two attached hydrogens (primary N) is 1. The van der Waals surface area contributed by atoms with Crippen LogP contribution in [0.5, 0.6) is 0 Å². The Kier molecular flexibility index (Phi) is 5.40. The highest BCUT2D eigenvalue weighted by Gasteiger charge is 2.31. The van der Waals surface area contributed by atoms with Crippen LogP contribution in [0.2, 0.25) is 0 Å². The van der Waals surface area contributed by atoms with Gasteiger partial charge >= 0.3 is 6.09 Å². The number of carbonyl (C=O) groups excluding carboxylic acids is 1. The van der Waals surface area contributed by atoms with E-state index in [1.54, 1.807) is 28.0 Å². The smallest absolute Gasteiger partial charge is 0.410 e. The molecule has 9 heteroatoms. The van der Waals surface area contributed by atoms with Crippen LogP contribution in [0, 0.1) is 0 Å². The summed E-state index contributed by atoms with van der Waals surface area (Å²) in [5, 5.41) is 4.41. The summed E-state index contributed by atoms with van der Waals surface area (Å²) in [6.07, 6.45) is 6.75. The second-order valence-corrected chi connectivity index (χ2v) is 9.29. The Morgan fingerprint density at radius 1 is 1.33 bits per heavy atom. The van der Waals surface area contributed by atoms with Crippen molar-refractivity contribution in [2.45, 2.75) is 45.1 Å². The van der Waals surface area contributed by atoms with Gasteiger partial charge in [-0.3, -0.25) is 4.98 Å². The predicted octanol–water partition coefficient (Wildman–Crippen LogP) is 4.25. The van der Waals surface area contributed by atoms with Gasteiger partial charge in [-0.2, -0.15) is 9.61 Å². The maximum Gasteiger partial charge on any atom is 0.410 e. The van der Waals surface area contributed by atoms with Crippen molar-refractivity contribution in [2.75, 3.05) is 18.8 Å². The van der Waals surface area contributed by atoms with Gasteiger partial charge in [-0.1, -0.05) is 6.07 Å². The Hall–Kier alpha value is -2.68. The second kappa shape index (κ2) is 7.86. The lowest BCUT2D eigenvalue weighted by molar-refractivity contribution is 0.0197. The maximum absolute atomic E-state index is 12.6. The fraction of sp³-hybridized carbons (Fsp3) is 0.429. The zero-order valence-corrected chi connectivity index (χ0v) is 18.9. The van der Waals surface area contributed by atoms with Crippen molar-refractivity contribution in [1.82, 2.24) is 24.5 Å². The number of piperidine rings is 1. The van der Waals surface area contributed by atoms with Crippen LogP contribution in [0.4, 0.5) is 10.6 Å². The quantitative estimate of drug-likeness (QED) is 0.598. The largest absolute Gasteiger partial charge is 0.444 e. The van der Waals surface area contributed by atoms with Crippen LogP contribution in [0.3, 0.4) is 0 Å². The molecule has 1 saturated heterocycles. The molecule has 0 saturated carbocycles. The van der Waals surface area contributed by atoms with Gasteiger partial charge < -0.3 is 15.4 Å². The van der Waals surface area contributed by atoms with E-state index in [4.69, 9.17) is 15.5 Å². The molecule has 4 rings (SSSR count). The van der Waals surface area contributed by atoms with E-state index in [1.165, 1.54) is 0 Å². The molecule has 1 aliphatic rings. The normalized spacial score (nSPS) is 17.3. The standard InChI is InChI=1S/C21H25BrN6O2/c1-21(2,3)30-20(29)27-9-5-7-14(12-27)17-16(22)18(23)28-19(26-17)15(11-25-28)13-6-4-8-24-10-13/h4,6,8,10-11,14H,5,7,9,12,23H2,1-3H3. The van der Waals surface area contributed by atoms with Gasteiger partial charge in [0.2, 0.25) is 0 Å². The predicted molar refractivity (Wildman–Crippen MR) is 118 cm³/mol. The van der Waals surface area contributed by atoms with E-state index in [0.29, 0.717) is 29.0 Å². The summed E-state index contributed by atoms with van der Waals surface area (Å²) in [5.41, 5.74) is 9.16. The summed E-state index contributed by atoms with van der Waals surface area (Å²) < 4.78 is 7.90. The molecular formula is C21H25BrN6O2. The van der Waals surface area contributed by atoms with Crippen LogP contribution < -0.4 is 5.73 Å². The number of nitrogen functional groups attached to an aromatic ring is 1. The highest BCUT2D eigenvalue weighted by atomic mass is 79.9. The first-order valence-electron chi connectivity index (χ1n) is 9.95. The molecule has 158 valence electrons. The van der Waals surface area contributed by atoms with E-state index in [2.05, 4.69) is 26.0 Å². The molecule has 4 heterocycles. The monoisotopic (exact) mass is 472 g/mol. The summed E-state index contributed by atoms with van der Waals surface area (Å²) >= 11 is 3.61. The summed E-state index contributed by atoms with van der Waals surface area (Å²) in [6.45, 7) is 6.83. The van der Waals surface area contributed by atoms with Crippen LogP contribution in [-0.2, 0) is 4.74 Å². The van der Waals surface area contributed by atoms with Crippen molar-refractivity contribution in [3.8, 4) is 11.1 Å². The van der Waals surface area contributed by atoms with Gasteiger partial charge in [-0.15, -0.1) is 0 Å². The van der Waals surface area contributed by atoms with Crippen molar-refractivity contribution >= 4 is 33.5 Å². The molecular weight excluding hydrogens is 448 g/mol. The first-order chi connectivity index (χ1) is 14.2. The molecule has 0 radical (unpaired) electrons. The third kappa shape index (κ3) is 3.98. The molecule has 8 nitrogen and oxygen atoms in total. The Morgan fingerprint density at radius 2 is 2.13 bits per heavy atom. The summed E-state index contributed by atoms with van der Waals surface area (Å²) in [4.78, 5) is 23.5. The second-order valence-electron chi connectivity index (χ2n) is 8.50. The minimum absolute atomic E-state index is 0.0459. The van der Waals surface area contributed by atoms with Gasteiger partial charge in [0.05, 0.1) is 16.4 Å². The molecule has 1 unspecified atom stereocenters. The SMILES string of the molecule is CC(C)(C)OC(=O)N1CCCC(c2nc3c(-c4cccnc4)cnn3c(N)c2Br)C1. The van der Waals surface area contributed by atoms with Crippen molar-refractivity contribution < 1.29 is 9.53 Å². The Labute approximate surface area is 183 Å². The molecule has 0 spiro atoms. The lowest BCUT2D eigenvalue weighted by Crippen LogP contribution is -2.42. The number of hydrogen-bond donors (Lipinski definition) is 1. The molecule has 2 N–H and O–H groups in total. The van der Waals surface area contributed by atoms with Gasteiger partial charge in [0.25, 0.3) is 0 Å². The summed E-state index contributed by atoms with van der Waals surface area (Å²) in [6, 6.07) is 3.84. The molecule has 1 amide bonds. The number of fused-ring (bicyclic) bond motifs is 1. The fourth-order valence-corrected chi connectivity index (χ4v) is 4.28.